The van der Waals surface area contributed by atoms with E-state index in [2.05, 4.69) is 15.6 Å². The number of amides is 2. The quantitative estimate of drug-likeness (QED) is 0.850. The van der Waals surface area contributed by atoms with Crippen molar-refractivity contribution in [2.45, 2.75) is 20.0 Å². The maximum Gasteiger partial charge on any atom is 0.251 e. The van der Waals surface area contributed by atoms with Crippen LogP contribution in [-0.4, -0.2) is 23.9 Å². The minimum Gasteiger partial charge on any atom is -0.481 e. The molecule has 6 heteroatoms. The van der Waals surface area contributed by atoms with Crippen LogP contribution in [0.25, 0.3) is 0 Å². The van der Waals surface area contributed by atoms with Crippen LogP contribution < -0.4 is 15.4 Å². The summed E-state index contributed by atoms with van der Waals surface area (Å²) in [6.45, 7) is 2.31. The number of pyridine rings is 1. The largest absolute Gasteiger partial charge is 0.481 e. The molecule has 1 aromatic heterocycles. The summed E-state index contributed by atoms with van der Waals surface area (Å²) in [5.41, 5.74) is 2.42. The normalized spacial score (nSPS) is 10.0. The zero-order valence-electron chi connectivity index (χ0n) is 13.1. The van der Waals surface area contributed by atoms with Gasteiger partial charge in [0.25, 0.3) is 5.91 Å². The van der Waals surface area contributed by atoms with Gasteiger partial charge in [0.05, 0.1) is 7.11 Å². The second kappa shape index (κ2) is 7.93. The highest BCUT2D eigenvalue weighted by molar-refractivity contribution is 5.94. The fraction of sp³-hybridized carbons (Fsp3) is 0.235. The smallest absolute Gasteiger partial charge is 0.251 e. The predicted molar refractivity (Wildman–Crippen MR) is 85.9 cm³/mol. The van der Waals surface area contributed by atoms with Crippen molar-refractivity contribution >= 4 is 11.8 Å². The van der Waals surface area contributed by atoms with E-state index in [-0.39, 0.29) is 11.8 Å². The highest BCUT2D eigenvalue weighted by Crippen LogP contribution is 2.09. The van der Waals surface area contributed by atoms with Crippen LogP contribution in [0.5, 0.6) is 5.88 Å². The number of carbonyl (C=O) groups excluding carboxylic acids is 2. The van der Waals surface area contributed by atoms with Crippen molar-refractivity contribution in [2.24, 2.45) is 0 Å². The zero-order chi connectivity index (χ0) is 16.7. The number of benzene rings is 1. The molecule has 0 spiro atoms. The van der Waals surface area contributed by atoms with E-state index in [0.29, 0.717) is 24.5 Å². The molecule has 2 rings (SSSR count). The number of nitrogens with zero attached hydrogens (tertiary/aromatic N) is 1. The Kier molecular flexibility index (Phi) is 5.68. The van der Waals surface area contributed by atoms with E-state index in [1.54, 1.807) is 31.5 Å². The first-order chi connectivity index (χ1) is 11.1. The van der Waals surface area contributed by atoms with Crippen molar-refractivity contribution in [3.63, 3.8) is 0 Å². The molecule has 1 aromatic carbocycles. The van der Waals surface area contributed by atoms with Crippen LogP contribution in [0.3, 0.4) is 0 Å². The summed E-state index contributed by atoms with van der Waals surface area (Å²) in [6, 6.07) is 10.7. The van der Waals surface area contributed by atoms with Gasteiger partial charge in [-0.05, 0) is 29.3 Å². The van der Waals surface area contributed by atoms with E-state index in [1.807, 2.05) is 18.2 Å². The molecule has 1 heterocycles. The van der Waals surface area contributed by atoms with Crippen molar-refractivity contribution in [3.8, 4) is 5.88 Å². The minimum absolute atomic E-state index is 0.0837. The first-order valence-corrected chi connectivity index (χ1v) is 7.19. The molecule has 0 bridgehead atoms. The minimum atomic E-state index is -0.160. The predicted octanol–water partition coefficient (Wildman–Crippen LogP) is 1.66. The Morgan fingerprint density at radius 3 is 2.39 bits per heavy atom. The summed E-state index contributed by atoms with van der Waals surface area (Å²) >= 11 is 0. The lowest BCUT2D eigenvalue weighted by Crippen LogP contribution is -2.23. The average Bonchev–Trinajstić information content (AvgIpc) is 2.58. The molecule has 0 unspecified atom stereocenters. The molecule has 0 saturated heterocycles. The zero-order valence-corrected chi connectivity index (χ0v) is 13.1. The summed E-state index contributed by atoms with van der Waals surface area (Å²) in [5.74, 6) is 0.269. The molecule has 120 valence electrons. The SMILES string of the molecule is COc1cc(CNC(=O)c2ccc(CNC(C)=O)cc2)ccn1. The van der Waals surface area contributed by atoms with Gasteiger partial charge in [-0.3, -0.25) is 9.59 Å². The van der Waals surface area contributed by atoms with Crippen LogP contribution in [0.2, 0.25) is 0 Å². The summed E-state index contributed by atoms with van der Waals surface area (Å²) in [6.07, 6.45) is 1.64. The van der Waals surface area contributed by atoms with E-state index in [4.69, 9.17) is 4.74 Å². The number of ether oxygens (including phenoxy) is 1. The third-order valence-corrected chi connectivity index (χ3v) is 3.22. The summed E-state index contributed by atoms with van der Waals surface area (Å²) in [7, 11) is 1.55. The molecule has 6 nitrogen and oxygen atoms in total. The number of aromatic nitrogens is 1. The molecule has 2 amide bonds. The van der Waals surface area contributed by atoms with Gasteiger partial charge in [0.2, 0.25) is 11.8 Å². The first-order valence-electron chi connectivity index (χ1n) is 7.19. The maximum atomic E-state index is 12.1. The van der Waals surface area contributed by atoms with E-state index in [9.17, 15) is 9.59 Å². The van der Waals surface area contributed by atoms with Crippen molar-refractivity contribution in [1.82, 2.24) is 15.6 Å². The number of methoxy groups -OCH3 is 1. The Labute approximate surface area is 134 Å². The van der Waals surface area contributed by atoms with E-state index in [0.717, 1.165) is 11.1 Å². The van der Waals surface area contributed by atoms with Gasteiger partial charge in [0.1, 0.15) is 0 Å². The van der Waals surface area contributed by atoms with Gasteiger partial charge in [0.15, 0.2) is 0 Å². The van der Waals surface area contributed by atoms with Crippen molar-refractivity contribution in [1.29, 1.82) is 0 Å². The van der Waals surface area contributed by atoms with Crippen LogP contribution in [0, 0.1) is 0 Å². The van der Waals surface area contributed by atoms with E-state index < -0.39 is 0 Å². The number of hydrogen-bond donors (Lipinski definition) is 2. The Balaban J connectivity index is 1.91. The van der Waals surface area contributed by atoms with Crippen molar-refractivity contribution < 1.29 is 14.3 Å². The highest BCUT2D eigenvalue weighted by Gasteiger charge is 2.06. The monoisotopic (exact) mass is 313 g/mol. The van der Waals surface area contributed by atoms with Gasteiger partial charge in [-0.2, -0.15) is 0 Å². The Hall–Kier alpha value is -2.89. The van der Waals surface area contributed by atoms with Gasteiger partial charge >= 0.3 is 0 Å². The summed E-state index contributed by atoms with van der Waals surface area (Å²) in [5, 5.41) is 5.55. The fourth-order valence-electron chi connectivity index (χ4n) is 1.96. The highest BCUT2D eigenvalue weighted by atomic mass is 16.5. The molecule has 2 N–H and O–H groups in total. The van der Waals surface area contributed by atoms with E-state index in [1.165, 1.54) is 6.92 Å². The van der Waals surface area contributed by atoms with Crippen molar-refractivity contribution in [3.05, 3.63) is 59.3 Å². The topological polar surface area (TPSA) is 80.3 Å². The van der Waals surface area contributed by atoms with Crippen LogP contribution in [0.4, 0.5) is 0 Å². The third kappa shape index (κ3) is 5.10. The second-order valence-electron chi connectivity index (χ2n) is 5.00. The van der Waals surface area contributed by atoms with Crippen LogP contribution in [-0.2, 0) is 17.9 Å². The number of nitrogens with one attached hydrogen (secondary N) is 2. The number of hydrogen-bond acceptors (Lipinski definition) is 4. The van der Waals surface area contributed by atoms with E-state index >= 15 is 0 Å². The van der Waals surface area contributed by atoms with Gasteiger partial charge in [0, 0.05) is 37.8 Å². The molecule has 0 atom stereocenters. The van der Waals surface area contributed by atoms with Crippen LogP contribution in [0.1, 0.15) is 28.4 Å². The summed E-state index contributed by atoms with van der Waals surface area (Å²) in [4.78, 5) is 27.0. The molecular weight excluding hydrogens is 294 g/mol. The Morgan fingerprint density at radius 1 is 1.04 bits per heavy atom. The Bertz CT molecular complexity index is 684. The molecule has 0 aliphatic carbocycles. The average molecular weight is 313 g/mol. The first kappa shape index (κ1) is 16.5. The molecule has 0 saturated carbocycles. The fourth-order valence-corrected chi connectivity index (χ4v) is 1.96. The number of rotatable bonds is 6. The van der Waals surface area contributed by atoms with Crippen LogP contribution >= 0.6 is 0 Å². The maximum absolute atomic E-state index is 12.1. The lowest BCUT2D eigenvalue weighted by molar-refractivity contribution is -0.119. The standard InChI is InChI=1S/C17H19N3O3/c1-12(21)19-10-13-3-5-15(6-4-13)17(22)20-11-14-7-8-18-16(9-14)23-2/h3-9H,10-11H2,1-2H3,(H,19,21)(H,20,22). The van der Waals surface area contributed by atoms with Gasteiger partial charge in [-0.15, -0.1) is 0 Å². The van der Waals surface area contributed by atoms with Gasteiger partial charge in [-0.1, -0.05) is 12.1 Å². The van der Waals surface area contributed by atoms with Crippen LogP contribution in [0.15, 0.2) is 42.6 Å². The molecule has 2 aromatic rings. The lowest BCUT2D eigenvalue weighted by Gasteiger charge is -2.07. The van der Waals surface area contributed by atoms with Gasteiger partial charge < -0.3 is 15.4 Å². The molecule has 0 aliphatic rings. The summed E-state index contributed by atoms with van der Waals surface area (Å²) < 4.78 is 5.05. The molecule has 0 radical (unpaired) electrons. The molecule has 23 heavy (non-hydrogen) atoms. The lowest BCUT2D eigenvalue weighted by atomic mass is 10.1. The third-order valence-electron chi connectivity index (χ3n) is 3.22. The number of carbonyl (C=O) groups is 2. The van der Waals surface area contributed by atoms with Crippen molar-refractivity contribution in [2.75, 3.05) is 7.11 Å². The molecule has 0 aliphatic heterocycles. The Morgan fingerprint density at radius 2 is 1.74 bits per heavy atom. The van der Waals surface area contributed by atoms with Gasteiger partial charge in [-0.25, -0.2) is 4.98 Å². The molecular formula is C17H19N3O3. The second-order valence-corrected chi connectivity index (χ2v) is 5.00. The molecule has 0 fully saturated rings.